The molecule has 3 rings (SSSR count). The second-order valence-corrected chi connectivity index (χ2v) is 5.83. The van der Waals surface area contributed by atoms with E-state index in [-0.39, 0.29) is 17.4 Å². The number of hydrogen-bond acceptors (Lipinski definition) is 4. The molecule has 6 nitrogen and oxygen atoms in total. The molecule has 1 aliphatic rings. The maximum Gasteiger partial charge on any atom is 0.269 e. The number of nitro groups is 1. The molecule has 0 aromatic heterocycles. The fraction of sp³-hybridized carbons (Fsp3) is 0.176. The van der Waals surface area contributed by atoms with Gasteiger partial charge in [0.2, 0.25) is 0 Å². The fourth-order valence-electron chi connectivity index (χ4n) is 2.75. The summed E-state index contributed by atoms with van der Waals surface area (Å²) >= 11 is 6.15. The molecule has 0 radical (unpaired) electrons. The Balaban J connectivity index is 2.01. The van der Waals surface area contributed by atoms with Gasteiger partial charge in [-0.15, -0.1) is 0 Å². The zero-order valence-corrected chi connectivity index (χ0v) is 13.3. The molecule has 0 N–H and O–H groups in total. The third kappa shape index (κ3) is 2.88. The topological polar surface area (TPSA) is 80.5 Å². The van der Waals surface area contributed by atoms with Crippen molar-refractivity contribution < 1.29 is 14.5 Å². The predicted octanol–water partition coefficient (Wildman–Crippen LogP) is 3.87. The van der Waals surface area contributed by atoms with Crippen LogP contribution in [0.3, 0.4) is 0 Å². The van der Waals surface area contributed by atoms with Crippen molar-refractivity contribution in [2.24, 2.45) is 0 Å². The first-order valence-corrected chi connectivity index (χ1v) is 7.75. The molecule has 0 spiro atoms. The number of non-ortho nitro benzene ring substituents is 1. The minimum absolute atomic E-state index is 0.0824. The second kappa shape index (κ2) is 6.41. The number of carbonyl (C=O) groups excluding carboxylic acids is 2. The molecule has 1 heterocycles. The maximum atomic E-state index is 12.8. The molecule has 0 saturated heterocycles. The van der Waals surface area contributed by atoms with E-state index in [2.05, 4.69) is 0 Å². The summed E-state index contributed by atoms with van der Waals surface area (Å²) in [6, 6.07) is 10.4. The molecule has 0 atom stereocenters. The maximum absolute atomic E-state index is 12.8. The van der Waals surface area contributed by atoms with Crippen LogP contribution in [0, 0.1) is 10.1 Å². The molecular formula is C17H13ClN2O4. The van der Waals surface area contributed by atoms with Gasteiger partial charge in [0.05, 0.1) is 21.2 Å². The normalized spacial score (nSPS) is 14.0. The van der Waals surface area contributed by atoms with Crippen molar-refractivity contribution in [2.75, 3.05) is 11.4 Å². The molecule has 24 heavy (non-hydrogen) atoms. The molecule has 0 unspecified atom stereocenters. The number of hydrogen-bond donors (Lipinski definition) is 0. The lowest BCUT2D eigenvalue weighted by atomic mass is 10.1. The number of nitrogens with zero attached hydrogens (tertiary/aromatic N) is 2. The van der Waals surface area contributed by atoms with Gasteiger partial charge in [0.1, 0.15) is 0 Å². The summed E-state index contributed by atoms with van der Waals surface area (Å²) in [6.07, 6.45) is 0.851. The Morgan fingerprint density at radius 2 is 1.88 bits per heavy atom. The van der Waals surface area contributed by atoms with E-state index in [4.69, 9.17) is 11.6 Å². The van der Waals surface area contributed by atoms with Crippen LogP contribution in [-0.4, -0.2) is 23.2 Å². The van der Waals surface area contributed by atoms with Crippen LogP contribution in [0.25, 0.3) is 0 Å². The Kier molecular flexibility index (Phi) is 4.31. The van der Waals surface area contributed by atoms with Gasteiger partial charge < -0.3 is 4.90 Å². The highest BCUT2D eigenvalue weighted by atomic mass is 35.5. The molecule has 2 aromatic rings. The van der Waals surface area contributed by atoms with Crippen molar-refractivity contribution in [3.8, 4) is 0 Å². The average molecular weight is 345 g/mol. The molecule has 0 aliphatic carbocycles. The Hall–Kier alpha value is -2.73. The van der Waals surface area contributed by atoms with Crippen molar-refractivity contribution in [1.29, 1.82) is 0 Å². The van der Waals surface area contributed by atoms with Gasteiger partial charge in [0.25, 0.3) is 11.6 Å². The van der Waals surface area contributed by atoms with E-state index >= 15 is 0 Å². The van der Waals surface area contributed by atoms with Gasteiger partial charge in [0, 0.05) is 30.7 Å². The van der Waals surface area contributed by atoms with E-state index in [1.54, 1.807) is 18.2 Å². The van der Waals surface area contributed by atoms with Crippen LogP contribution in [0.4, 0.5) is 11.4 Å². The summed E-state index contributed by atoms with van der Waals surface area (Å²) in [5.74, 6) is -0.405. The van der Waals surface area contributed by atoms with Gasteiger partial charge in [-0.3, -0.25) is 19.7 Å². The summed E-state index contributed by atoms with van der Waals surface area (Å²) in [5, 5.41) is 11.0. The zero-order chi connectivity index (χ0) is 17.3. The van der Waals surface area contributed by atoms with Crippen molar-refractivity contribution in [1.82, 2.24) is 0 Å². The second-order valence-electron chi connectivity index (χ2n) is 5.42. The summed E-state index contributed by atoms with van der Waals surface area (Å²) in [4.78, 5) is 36.8. The van der Waals surface area contributed by atoms with E-state index in [1.165, 1.54) is 29.2 Å². The average Bonchev–Trinajstić information content (AvgIpc) is 2.74. The van der Waals surface area contributed by atoms with Crippen molar-refractivity contribution >= 4 is 34.7 Å². The van der Waals surface area contributed by atoms with Crippen LogP contribution < -0.4 is 4.90 Å². The van der Waals surface area contributed by atoms with Gasteiger partial charge in [-0.25, -0.2) is 0 Å². The summed E-state index contributed by atoms with van der Waals surface area (Å²) in [6.45, 7) is 0.384. The standard InChI is InChI=1S/C17H13ClN2O4/c18-13-3-1-4-14-16(13)15(21)5-2-10-19(14)17(22)11-6-8-12(9-7-11)20(23)24/h1,3-4,6-9H,2,5,10H2. The third-order valence-electron chi connectivity index (χ3n) is 3.92. The quantitative estimate of drug-likeness (QED) is 0.611. The first-order valence-electron chi connectivity index (χ1n) is 7.37. The highest BCUT2D eigenvalue weighted by Crippen LogP contribution is 2.32. The number of rotatable bonds is 2. The van der Waals surface area contributed by atoms with Crippen LogP contribution in [-0.2, 0) is 0 Å². The highest BCUT2D eigenvalue weighted by Gasteiger charge is 2.27. The lowest BCUT2D eigenvalue weighted by molar-refractivity contribution is -0.384. The van der Waals surface area contributed by atoms with Gasteiger partial charge in [0.15, 0.2) is 5.78 Å². The number of Topliss-reactive ketones (excluding diaryl/α,β-unsaturated/α-hetero) is 1. The first kappa shape index (κ1) is 16.1. The Labute approximate surface area is 142 Å². The number of fused-ring (bicyclic) bond motifs is 1. The lowest BCUT2D eigenvalue weighted by Crippen LogP contribution is -2.31. The highest BCUT2D eigenvalue weighted by molar-refractivity contribution is 6.35. The molecule has 122 valence electrons. The Morgan fingerprint density at radius 1 is 1.17 bits per heavy atom. The molecule has 2 aromatic carbocycles. The van der Waals surface area contributed by atoms with Gasteiger partial charge in [-0.05, 0) is 30.7 Å². The number of amides is 1. The zero-order valence-electron chi connectivity index (χ0n) is 12.6. The van der Waals surface area contributed by atoms with Crippen molar-refractivity contribution in [3.05, 3.63) is 68.7 Å². The SMILES string of the molecule is O=C1CCCN(C(=O)c2ccc([N+](=O)[O-])cc2)c2cccc(Cl)c21. The molecule has 0 fully saturated rings. The number of benzene rings is 2. The Bertz CT molecular complexity index is 833. The van der Waals surface area contributed by atoms with Gasteiger partial charge in [-0.1, -0.05) is 17.7 Å². The van der Waals surface area contributed by atoms with E-state index < -0.39 is 4.92 Å². The third-order valence-corrected chi connectivity index (χ3v) is 4.23. The lowest BCUT2D eigenvalue weighted by Gasteiger charge is -2.23. The van der Waals surface area contributed by atoms with Crippen LogP contribution >= 0.6 is 11.6 Å². The summed E-state index contributed by atoms with van der Waals surface area (Å²) < 4.78 is 0. The number of carbonyl (C=O) groups is 2. The number of halogens is 1. The minimum atomic E-state index is -0.520. The fourth-order valence-corrected chi connectivity index (χ4v) is 3.02. The van der Waals surface area contributed by atoms with Gasteiger partial charge >= 0.3 is 0 Å². The van der Waals surface area contributed by atoms with Crippen LogP contribution in [0.15, 0.2) is 42.5 Å². The predicted molar refractivity (Wildman–Crippen MR) is 89.8 cm³/mol. The molecule has 0 bridgehead atoms. The summed E-state index contributed by atoms with van der Waals surface area (Å²) in [5.41, 5.74) is 1.07. The number of nitro benzene ring substituents is 1. The van der Waals surface area contributed by atoms with Crippen LogP contribution in [0.1, 0.15) is 33.6 Å². The van der Waals surface area contributed by atoms with Crippen LogP contribution in [0.2, 0.25) is 5.02 Å². The molecular weight excluding hydrogens is 332 g/mol. The van der Waals surface area contributed by atoms with E-state index in [9.17, 15) is 19.7 Å². The molecule has 1 aliphatic heterocycles. The number of anilines is 1. The molecule has 0 saturated carbocycles. The van der Waals surface area contributed by atoms with E-state index in [0.717, 1.165) is 0 Å². The van der Waals surface area contributed by atoms with E-state index in [1.807, 2.05) is 0 Å². The molecule has 1 amide bonds. The smallest absolute Gasteiger partial charge is 0.269 e. The van der Waals surface area contributed by atoms with Crippen LogP contribution in [0.5, 0.6) is 0 Å². The minimum Gasteiger partial charge on any atom is -0.308 e. The largest absolute Gasteiger partial charge is 0.308 e. The van der Waals surface area contributed by atoms with Gasteiger partial charge in [-0.2, -0.15) is 0 Å². The number of ketones is 1. The summed E-state index contributed by atoms with van der Waals surface area (Å²) in [7, 11) is 0. The Morgan fingerprint density at radius 3 is 2.54 bits per heavy atom. The van der Waals surface area contributed by atoms with Crippen molar-refractivity contribution in [2.45, 2.75) is 12.8 Å². The first-order chi connectivity index (χ1) is 11.5. The van der Waals surface area contributed by atoms with Crippen molar-refractivity contribution in [3.63, 3.8) is 0 Å². The molecule has 7 heteroatoms. The van der Waals surface area contributed by atoms with E-state index in [0.29, 0.717) is 41.2 Å². The monoisotopic (exact) mass is 344 g/mol.